The van der Waals surface area contributed by atoms with Crippen molar-refractivity contribution in [3.63, 3.8) is 0 Å². The molecule has 20 heavy (non-hydrogen) atoms. The van der Waals surface area contributed by atoms with Crippen molar-refractivity contribution < 1.29 is 17.6 Å². The number of hydrogen-bond acceptors (Lipinski definition) is 2. The third kappa shape index (κ3) is 4.07. The molecule has 0 amide bonds. The number of halogens is 5. The molecule has 1 aromatic carbocycles. The fraction of sp³-hybridized carbons (Fsp3) is 0.538. The zero-order chi connectivity index (χ0) is 14.0. The van der Waals surface area contributed by atoms with Crippen LogP contribution in [0.3, 0.4) is 0 Å². The van der Waals surface area contributed by atoms with Gasteiger partial charge in [0, 0.05) is 19.1 Å². The highest BCUT2D eigenvalue weighted by Gasteiger charge is 2.34. The van der Waals surface area contributed by atoms with E-state index in [1.54, 1.807) is 0 Å². The molecule has 1 aliphatic rings. The summed E-state index contributed by atoms with van der Waals surface area (Å²) in [4.78, 5) is 1.99. The van der Waals surface area contributed by atoms with Crippen molar-refractivity contribution in [2.24, 2.45) is 0 Å². The van der Waals surface area contributed by atoms with E-state index in [1.165, 1.54) is 6.07 Å². The predicted molar refractivity (Wildman–Crippen MR) is 71.4 cm³/mol. The molecule has 0 radical (unpaired) electrons. The summed E-state index contributed by atoms with van der Waals surface area (Å²) in [5.74, 6) is -1.22. The average Bonchev–Trinajstić information content (AvgIpc) is 2.83. The average molecular weight is 313 g/mol. The molecule has 2 nitrogen and oxygen atoms in total. The van der Waals surface area contributed by atoms with Crippen molar-refractivity contribution in [3.8, 4) is 0 Å². The lowest BCUT2D eigenvalue weighted by Crippen LogP contribution is -2.32. The summed E-state index contributed by atoms with van der Waals surface area (Å²) in [7, 11) is 1.87. The quantitative estimate of drug-likeness (QED) is 0.863. The van der Waals surface area contributed by atoms with Crippen LogP contribution in [0, 0.1) is 5.82 Å². The van der Waals surface area contributed by atoms with Crippen LogP contribution in [-0.4, -0.2) is 31.1 Å². The number of nitrogens with one attached hydrogen (secondary N) is 1. The van der Waals surface area contributed by atoms with Crippen molar-refractivity contribution in [2.45, 2.75) is 25.2 Å². The summed E-state index contributed by atoms with van der Waals surface area (Å²) in [6.45, 7) is 2.14. The van der Waals surface area contributed by atoms with Gasteiger partial charge >= 0.3 is 6.18 Å². The van der Waals surface area contributed by atoms with E-state index < -0.39 is 17.6 Å². The SMILES string of the molecule is CN(Cc1ccc(F)c(C(F)(F)F)c1)C1CCNC1.Cl. The van der Waals surface area contributed by atoms with Crippen LogP contribution < -0.4 is 5.32 Å². The molecule has 0 spiro atoms. The van der Waals surface area contributed by atoms with E-state index in [4.69, 9.17) is 0 Å². The van der Waals surface area contributed by atoms with Gasteiger partial charge in [-0.1, -0.05) is 6.07 Å². The van der Waals surface area contributed by atoms with Crippen LogP contribution in [0.25, 0.3) is 0 Å². The molecule has 0 aliphatic carbocycles. The Labute approximate surface area is 121 Å². The molecule has 1 heterocycles. The normalized spacial score (nSPS) is 19.2. The first-order chi connectivity index (χ1) is 8.88. The van der Waals surface area contributed by atoms with Gasteiger partial charge in [-0.15, -0.1) is 12.4 Å². The Morgan fingerprint density at radius 2 is 2.05 bits per heavy atom. The number of alkyl halides is 3. The van der Waals surface area contributed by atoms with Crippen molar-refractivity contribution in [1.82, 2.24) is 10.2 Å². The Morgan fingerprint density at radius 3 is 2.60 bits per heavy atom. The van der Waals surface area contributed by atoms with E-state index in [0.717, 1.165) is 31.6 Å². The van der Waals surface area contributed by atoms with E-state index in [2.05, 4.69) is 5.32 Å². The highest BCUT2D eigenvalue weighted by atomic mass is 35.5. The smallest absolute Gasteiger partial charge is 0.315 e. The first kappa shape index (κ1) is 17.2. The van der Waals surface area contributed by atoms with Crippen LogP contribution in [0.1, 0.15) is 17.5 Å². The second-order valence-electron chi connectivity index (χ2n) is 4.87. The van der Waals surface area contributed by atoms with Gasteiger partial charge in [0.25, 0.3) is 0 Å². The monoisotopic (exact) mass is 312 g/mol. The number of rotatable bonds is 3. The molecule has 7 heteroatoms. The van der Waals surface area contributed by atoms with Crippen molar-refractivity contribution >= 4 is 12.4 Å². The molecule has 1 unspecified atom stereocenters. The lowest BCUT2D eigenvalue weighted by molar-refractivity contribution is -0.140. The minimum absolute atomic E-state index is 0. The standard InChI is InChI=1S/C13H16F4N2.ClH/c1-19(10-4-5-18-7-10)8-9-2-3-12(14)11(6-9)13(15,16)17;/h2-3,6,10,18H,4-5,7-8H2,1H3;1H. The molecular weight excluding hydrogens is 296 g/mol. The summed E-state index contributed by atoms with van der Waals surface area (Å²) in [5.41, 5.74) is -0.717. The minimum Gasteiger partial charge on any atom is -0.315 e. The largest absolute Gasteiger partial charge is 0.419 e. The topological polar surface area (TPSA) is 15.3 Å². The Balaban J connectivity index is 0.00000200. The summed E-state index contributed by atoms with van der Waals surface area (Å²) >= 11 is 0. The molecule has 0 bridgehead atoms. The molecule has 1 N–H and O–H groups in total. The second kappa shape index (κ2) is 6.74. The number of hydrogen-bond donors (Lipinski definition) is 1. The van der Waals surface area contributed by atoms with Crippen LogP contribution in [0.4, 0.5) is 17.6 Å². The molecule has 114 valence electrons. The third-order valence-corrected chi connectivity index (χ3v) is 3.43. The van der Waals surface area contributed by atoms with Gasteiger partial charge in [0.2, 0.25) is 0 Å². The summed E-state index contributed by atoms with van der Waals surface area (Å²) in [5, 5.41) is 3.20. The molecule has 1 fully saturated rings. The van der Waals surface area contributed by atoms with Gasteiger partial charge in [-0.3, -0.25) is 4.90 Å². The van der Waals surface area contributed by atoms with Crippen LogP contribution in [0.2, 0.25) is 0 Å². The first-order valence-corrected chi connectivity index (χ1v) is 6.14. The van der Waals surface area contributed by atoms with Gasteiger partial charge in [-0.25, -0.2) is 4.39 Å². The van der Waals surface area contributed by atoms with E-state index in [0.29, 0.717) is 18.2 Å². The number of likely N-dealkylation sites (N-methyl/N-ethyl adjacent to an activating group) is 1. The third-order valence-electron chi connectivity index (χ3n) is 3.43. The van der Waals surface area contributed by atoms with E-state index in [-0.39, 0.29) is 12.4 Å². The van der Waals surface area contributed by atoms with Gasteiger partial charge in [-0.2, -0.15) is 13.2 Å². The molecule has 1 atom stereocenters. The van der Waals surface area contributed by atoms with Gasteiger partial charge in [0.05, 0.1) is 5.56 Å². The van der Waals surface area contributed by atoms with Gasteiger partial charge in [-0.05, 0) is 37.7 Å². The minimum atomic E-state index is -4.65. The molecular formula is C13H17ClF4N2. The fourth-order valence-electron chi connectivity index (χ4n) is 2.32. The Hall–Kier alpha value is -0.850. The predicted octanol–water partition coefficient (Wildman–Crippen LogP) is 3.06. The maximum absolute atomic E-state index is 13.2. The number of benzene rings is 1. The van der Waals surface area contributed by atoms with Crippen molar-refractivity contribution in [1.29, 1.82) is 0 Å². The lowest BCUT2D eigenvalue weighted by Gasteiger charge is -2.23. The Morgan fingerprint density at radius 1 is 1.35 bits per heavy atom. The molecule has 0 aromatic heterocycles. The summed E-state index contributed by atoms with van der Waals surface area (Å²) in [6.07, 6.45) is -3.67. The molecule has 1 aromatic rings. The summed E-state index contributed by atoms with van der Waals surface area (Å²) < 4.78 is 51.0. The molecule has 2 rings (SSSR count). The van der Waals surface area contributed by atoms with Crippen LogP contribution in [-0.2, 0) is 12.7 Å². The molecule has 1 saturated heterocycles. The van der Waals surface area contributed by atoms with Crippen LogP contribution in [0.15, 0.2) is 18.2 Å². The molecule has 0 saturated carbocycles. The molecule has 1 aliphatic heterocycles. The maximum atomic E-state index is 13.2. The van der Waals surface area contributed by atoms with Crippen LogP contribution >= 0.6 is 12.4 Å². The van der Waals surface area contributed by atoms with Gasteiger partial charge in [0.15, 0.2) is 0 Å². The highest BCUT2D eigenvalue weighted by Crippen LogP contribution is 2.32. The zero-order valence-electron chi connectivity index (χ0n) is 11.0. The van der Waals surface area contributed by atoms with E-state index in [9.17, 15) is 17.6 Å². The van der Waals surface area contributed by atoms with E-state index >= 15 is 0 Å². The summed E-state index contributed by atoms with van der Waals surface area (Å²) in [6, 6.07) is 3.51. The highest BCUT2D eigenvalue weighted by molar-refractivity contribution is 5.85. The fourth-order valence-corrected chi connectivity index (χ4v) is 2.32. The lowest BCUT2D eigenvalue weighted by atomic mass is 10.1. The van der Waals surface area contributed by atoms with Gasteiger partial charge in [0.1, 0.15) is 5.82 Å². The van der Waals surface area contributed by atoms with Crippen molar-refractivity contribution in [2.75, 3.05) is 20.1 Å². The van der Waals surface area contributed by atoms with Crippen molar-refractivity contribution in [3.05, 3.63) is 35.1 Å². The zero-order valence-corrected chi connectivity index (χ0v) is 11.8. The van der Waals surface area contributed by atoms with Crippen LogP contribution in [0.5, 0.6) is 0 Å². The first-order valence-electron chi connectivity index (χ1n) is 6.14. The van der Waals surface area contributed by atoms with E-state index in [1.807, 2.05) is 11.9 Å². The van der Waals surface area contributed by atoms with Gasteiger partial charge < -0.3 is 5.32 Å². The Bertz CT molecular complexity index is 444. The second-order valence-corrected chi connectivity index (χ2v) is 4.87. The maximum Gasteiger partial charge on any atom is 0.419 e. The number of nitrogens with zero attached hydrogens (tertiary/aromatic N) is 1. The Kier molecular flexibility index (Phi) is 5.79.